The smallest absolute Gasteiger partial charge is 0.0895 e. The highest BCUT2D eigenvalue weighted by molar-refractivity contribution is 5.78. The molecule has 0 saturated heterocycles. The molecule has 0 saturated carbocycles. The lowest BCUT2D eigenvalue weighted by Gasteiger charge is -2.01. The molecule has 14 heavy (non-hydrogen) atoms. The summed E-state index contributed by atoms with van der Waals surface area (Å²) in [6.45, 7) is 3.46. The van der Waals surface area contributed by atoms with E-state index in [2.05, 4.69) is 11.6 Å². The van der Waals surface area contributed by atoms with Gasteiger partial charge < -0.3 is 5.11 Å². The highest BCUT2D eigenvalue weighted by Crippen LogP contribution is 2.13. The second kappa shape index (κ2) is 3.50. The predicted molar refractivity (Wildman–Crippen MR) is 57.2 cm³/mol. The molecule has 0 atom stereocenters. The van der Waals surface area contributed by atoms with E-state index in [1.807, 2.05) is 30.3 Å². The van der Waals surface area contributed by atoms with E-state index in [1.54, 1.807) is 6.20 Å². The van der Waals surface area contributed by atoms with E-state index < -0.39 is 0 Å². The molecule has 70 valence electrons. The van der Waals surface area contributed by atoms with E-state index in [0.717, 1.165) is 16.5 Å². The Morgan fingerprint density at radius 2 is 2.14 bits per heavy atom. The molecule has 1 N–H and O–H groups in total. The van der Waals surface area contributed by atoms with Crippen LogP contribution < -0.4 is 0 Å². The van der Waals surface area contributed by atoms with Gasteiger partial charge in [-0.1, -0.05) is 24.8 Å². The second-order valence-corrected chi connectivity index (χ2v) is 3.28. The molecule has 2 heteroatoms. The lowest BCUT2D eigenvalue weighted by molar-refractivity contribution is 0.401. The summed E-state index contributed by atoms with van der Waals surface area (Å²) < 4.78 is 0. The number of benzene rings is 1. The van der Waals surface area contributed by atoms with E-state index in [1.165, 1.54) is 0 Å². The minimum atomic E-state index is 0.169. The van der Waals surface area contributed by atoms with Gasteiger partial charge in [-0.15, -0.1) is 0 Å². The molecule has 0 amide bonds. The van der Waals surface area contributed by atoms with Gasteiger partial charge >= 0.3 is 0 Å². The van der Waals surface area contributed by atoms with Crippen molar-refractivity contribution in [3.05, 3.63) is 54.4 Å². The Bertz CT molecular complexity index is 476. The lowest BCUT2D eigenvalue weighted by atomic mass is 10.1. The molecule has 2 nitrogen and oxygen atoms in total. The van der Waals surface area contributed by atoms with Gasteiger partial charge in [-0.25, -0.2) is 0 Å². The van der Waals surface area contributed by atoms with Crippen molar-refractivity contribution in [3.8, 4) is 0 Å². The van der Waals surface area contributed by atoms with Crippen LogP contribution in [0.15, 0.2) is 48.9 Å². The molecule has 0 aliphatic carbocycles. The van der Waals surface area contributed by atoms with Crippen LogP contribution in [0.4, 0.5) is 0 Å². The number of aromatic nitrogens is 1. The summed E-state index contributed by atoms with van der Waals surface area (Å²) in [5.74, 6) is 0.169. The quantitative estimate of drug-likeness (QED) is 0.730. The third kappa shape index (κ3) is 1.74. The SMILES string of the molecule is C=C(O)Cc1cnc2ccccc2c1. The maximum Gasteiger partial charge on any atom is 0.0895 e. The summed E-state index contributed by atoms with van der Waals surface area (Å²) in [5, 5.41) is 10.1. The Kier molecular flexibility index (Phi) is 2.19. The first-order chi connectivity index (χ1) is 6.75. The van der Waals surface area contributed by atoms with Crippen LogP contribution in [0.5, 0.6) is 0 Å². The number of fused-ring (bicyclic) bond motifs is 1. The van der Waals surface area contributed by atoms with Crippen LogP contribution in [0.25, 0.3) is 10.9 Å². The average molecular weight is 185 g/mol. The van der Waals surface area contributed by atoms with E-state index >= 15 is 0 Å². The summed E-state index contributed by atoms with van der Waals surface area (Å²) in [5.41, 5.74) is 1.95. The summed E-state index contributed by atoms with van der Waals surface area (Å²) >= 11 is 0. The Morgan fingerprint density at radius 3 is 2.93 bits per heavy atom. The first-order valence-corrected chi connectivity index (χ1v) is 4.46. The second-order valence-electron chi connectivity index (χ2n) is 3.28. The predicted octanol–water partition coefficient (Wildman–Crippen LogP) is 2.85. The zero-order chi connectivity index (χ0) is 9.97. The third-order valence-electron chi connectivity index (χ3n) is 2.06. The molecule has 1 aromatic carbocycles. The molecule has 0 aliphatic heterocycles. The van der Waals surface area contributed by atoms with Crippen molar-refractivity contribution in [1.82, 2.24) is 4.98 Å². The number of nitrogens with zero attached hydrogens (tertiary/aromatic N) is 1. The fourth-order valence-corrected chi connectivity index (χ4v) is 1.45. The molecule has 0 bridgehead atoms. The highest BCUT2D eigenvalue weighted by Gasteiger charge is 1.98. The standard InChI is InChI=1S/C12H11NO/c1-9(14)6-10-7-11-4-2-3-5-12(11)13-8-10/h2-5,7-8,14H,1,6H2. The van der Waals surface area contributed by atoms with Crippen molar-refractivity contribution in [2.24, 2.45) is 0 Å². The van der Waals surface area contributed by atoms with Crippen LogP contribution in [0, 0.1) is 0 Å². The molecular weight excluding hydrogens is 174 g/mol. The van der Waals surface area contributed by atoms with Crippen LogP contribution in [0.1, 0.15) is 5.56 Å². The fraction of sp³-hybridized carbons (Fsp3) is 0.0833. The Hall–Kier alpha value is -1.83. The monoisotopic (exact) mass is 185 g/mol. The lowest BCUT2D eigenvalue weighted by Crippen LogP contribution is -1.89. The zero-order valence-corrected chi connectivity index (χ0v) is 7.77. The Labute approximate surface area is 82.5 Å². The third-order valence-corrected chi connectivity index (χ3v) is 2.06. The van der Waals surface area contributed by atoms with Gasteiger partial charge in [-0.2, -0.15) is 0 Å². The molecule has 0 radical (unpaired) electrons. The topological polar surface area (TPSA) is 33.1 Å². The van der Waals surface area contributed by atoms with Crippen LogP contribution in [-0.4, -0.2) is 10.1 Å². The number of aliphatic hydroxyl groups excluding tert-OH is 1. The van der Waals surface area contributed by atoms with Crippen LogP contribution in [-0.2, 0) is 6.42 Å². The normalized spacial score (nSPS) is 10.3. The van der Waals surface area contributed by atoms with Crippen LogP contribution >= 0.6 is 0 Å². The molecule has 2 rings (SSSR count). The largest absolute Gasteiger partial charge is 0.513 e. The molecule has 2 aromatic rings. The molecule has 1 heterocycles. The number of rotatable bonds is 2. The first kappa shape index (κ1) is 8.75. The maximum absolute atomic E-state index is 9.06. The molecule has 0 spiro atoms. The zero-order valence-electron chi connectivity index (χ0n) is 7.77. The molecule has 0 aliphatic rings. The molecule has 0 fully saturated rings. The van der Waals surface area contributed by atoms with Crippen molar-refractivity contribution in [2.45, 2.75) is 6.42 Å². The molecular formula is C12H11NO. The van der Waals surface area contributed by atoms with Gasteiger partial charge in [0.25, 0.3) is 0 Å². The van der Waals surface area contributed by atoms with Crippen molar-refractivity contribution in [3.63, 3.8) is 0 Å². The number of hydrogen-bond donors (Lipinski definition) is 1. The van der Waals surface area contributed by atoms with Gasteiger partial charge in [-0.05, 0) is 17.7 Å². The molecule has 0 unspecified atom stereocenters. The van der Waals surface area contributed by atoms with Gasteiger partial charge in [0.05, 0.1) is 11.3 Å². The first-order valence-electron chi connectivity index (χ1n) is 4.46. The fourth-order valence-electron chi connectivity index (χ4n) is 1.45. The van der Waals surface area contributed by atoms with Gasteiger partial charge in [-0.3, -0.25) is 4.98 Å². The van der Waals surface area contributed by atoms with E-state index in [0.29, 0.717) is 6.42 Å². The van der Waals surface area contributed by atoms with E-state index in [9.17, 15) is 0 Å². The molecule has 1 aromatic heterocycles. The van der Waals surface area contributed by atoms with Gasteiger partial charge in [0.2, 0.25) is 0 Å². The van der Waals surface area contributed by atoms with Crippen molar-refractivity contribution < 1.29 is 5.11 Å². The number of aliphatic hydroxyl groups is 1. The number of allylic oxidation sites excluding steroid dienone is 1. The van der Waals surface area contributed by atoms with Gasteiger partial charge in [0, 0.05) is 18.0 Å². The number of pyridine rings is 1. The summed E-state index contributed by atoms with van der Waals surface area (Å²) in [4.78, 5) is 4.28. The van der Waals surface area contributed by atoms with Crippen molar-refractivity contribution in [2.75, 3.05) is 0 Å². The summed E-state index contributed by atoms with van der Waals surface area (Å²) in [7, 11) is 0. The minimum Gasteiger partial charge on any atom is -0.513 e. The van der Waals surface area contributed by atoms with Crippen molar-refractivity contribution in [1.29, 1.82) is 0 Å². The van der Waals surface area contributed by atoms with Crippen LogP contribution in [0.3, 0.4) is 0 Å². The summed E-state index contributed by atoms with van der Waals surface area (Å²) in [6.07, 6.45) is 2.24. The Balaban J connectivity index is 2.46. The number of hydrogen-bond acceptors (Lipinski definition) is 2. The highest BCUT2D eigenvalue weighted by atomic mass is 16.3. The van der Waals surface area contributed by atoms with Gasteiger partial charge in [0.15, 0.2) is 0 Å². The van der Waals surface area contributed by atoms with E-state index in [-0.39, 0.29) is 5.76 Å². The van der Waals surface area contributed by atoms with Crippen molar-refractivity contribution >= 4 is 10.9 Å². The minimum absolute atomic E-state index is 0.169. The van der Waals surface area contributed by atoms with Crippen LogP contribution in [0.2, 0.25) is 0 Å². The Morgan fingerprint density at radius 1 is 1.36 bits per heavy atom. The average Bonchev–Trinajstić information content (AvgIpc) is 2.17. The van der Waals surface area contributed by atoms with E-state index in [4.69, 9.17) is 5.11 Å². The van der Waals surface area contributed by atoms with Gasteiger partial charge in [0.1, 0.15) is 0 Å². The summed E-state index contributed by atoms with van der Waals surface area (Å²) in [6, 6.07) is 9.92. The maximum atomic E-state index is 9.06. The number of para-hydroxylation sites is 1.